The third-order valence-electron chi connectivity index (χ3n) is 7.29. The topological polar surface area (TPSA) is 70.2 Å². The molecule has 4 rings (SSSR count). The average Bonchev–Trinajstić information content (AvgIpc) is 3.41. The number of hydrogen-bond donors (Lipinski definition) is 1. The number of methoxy groups -OCH3 is 1. The van der Waals surface area contributed by atoms with E-state index >= 15 is 0 Å². The van der Waals surface area contributed by atoms with Crippen molar-refractivity contribution < 1.29 is 14.3 Å². The van der Waals surface area contributed by atoms with E-state index in [0.29, 0.717) is 12.5 Å². The predicted molar refractivity (Wildman–Crippen MR) is 145 cm³/mol. The molecule has 0 bridgehead atoms. The maximum absolute atomic E-state index is 11.6. The number of anilines is 3. The van der Waals surface area contributed by atoms with Crippen LogP contribution in [0.15, 0.2) is 36.5 Å². The first kappa shape index (κ1) is 26.1. The number of pyridine rings is 1. The standard InChI is InChI=1S/C28H41N5O3/c1-22(34)33-16-10-23(11-17-33)21-31(2)25-9-12-29-28(20-25)30-24-7-8-26(35-3)27(19-24)36-18-6-15-32-13-4-5-14-32/h7-9,12,19-20,23H,4-6,10-11,13-18,21H2,1-3H3,(H,29,30). The maximum atomic E-state index is 11.6. The highest BCUT2D eigenvalue weighted by atomic mass is 16.5. The lowest BCUT2D eigenvalue weighted by molar-refractivity contribution is -0.130. The van der Waals surface area contributed by atoms with Gasteiger partial charge in [-0.25, -0.2) is 4.98 Å². The van der Waals surface area contributed by atoms with Crippen molar-refractivity contribution in [3.8, 4) is 11.5 Å². The summed E-state index contributed by atoms with van der Waals surface area (Å²) in [5.41, 5.74) is 2.03. The van der Waals surface area contributed by atoms with E-state index in [1.807, 2.05) is 35.4 Å². The Morgan fingerprint density at radius 1 is 1.11 bits per heavy atom. The minimum atomic E-state index is 0.181. The van der Waals surface area contributed by atoms with Crippen molar-refractivity contribution in [3.63, 3.8) is 0 Å². The Labute approximate surface area is 215 Å². The molecule has 2 aromatic rings. The van der Waals surface area contributed by atoms with Crippen molar-refractivity contribution in [2.24, 2.45) is 5.92 Å². The third kappa shape index (κ3) is 7.26. The summed E-state index contributed by atoms with van der Waals surface area (Å²) in [4.78, 5) is 22.9. The van der Waals surface area contributed by atoms with E-state index in [0.717, 1.165) is 74.1 Å². The molecule has 0 radical (unpaired) electrons. The molecular weight excluding hydrogens is 454 g/mol. The third-order valence-corrected chi connectivity index (χ3v) is 7.29. The number of aromatic nitrogens is 1. The summed E-state index contributed by atoms with van der Waals surface area (Å²) >= 11 is 0. The van der Waals surface area contributed by atoms with E-state index in [4.69, 9.17) is 9.47 Å². The fourth-order valence-electron chi connectivity index (χ4n) is 5.14. The van der Waals surface area contributed by atoms with Gasteiger partial charge < -0.3 is 29.5 Å². The monoisotopic (exact) mass is 495 g/mol. The average molecular weight is 496 g/mol. The van der Waals surface area contributed by atoms with E-state index < -0.39 is 0 Å². The van der Waals surface area contributed by atoms with Crippen molar-refractivity contribution in [3.05, 3.63) is 36.5 Å². The number of carbonyl (C=O) groups excluding carboxylic acids is 1. The van der Waals surface area contributed by atoms with Crippen molar-refractivity contribution in [2.45, 2.75) is 39.0 Å². The molecule has 196 valence electrons. The summed E-state index contributed by atoms with van der Waals surface area (Å²) < 4.78 is 11.6. The van der Waals surface area contributed by atoms with Crippen LogP contribution in [0.1, 0.15) is 39.0 Å². The Kier molecular flexibility index (Phi) is 9.28. The number of benzene rings is 1. The van der Waals surface area contributed by atoms with Crippen LogP contribution in [0.4, 0.5) is 17.2 Å². The van der Waals surface area contributed by atoms with Gasteiger partial charge in [0, 0.05) is 69.9 Å². The molecule has 8 nitrogen and oxygen atoms in total. The van der Waals surface area contributed by atoms with E-state index in [1.54, 1.807) is 14.0 Å². The van der Waals surface area contributed by atoms with Crippen LogP contribution in [0.3, 0.4) is 0 Å². The fraction of sp³-hybridized carbons (Fsp3) is 0.571. The summed E-state index contributed by atoms with van der Waals surface area (Å²) in [6.45, 7) is 8.51. The number of carbonyl (C=O) groups is 1. The minimum absolute atomic E-state index is 0.181. The van der Waals surface area contributed by atoms with Gasteiger partial charge in [0.05, 0.1) is 13.7 Å². The molecule has 0 unspecified atom stereocenters. The fourth-order valence-corrected chi connectivity index (χ4v) is 5.14. The lowest BCUT2D eigenvalue weighted by Gasteiger charge is -2.34. The number of nitrogens with zero attached hydrogens (tertiary/aromatic N) is 4. The summed E-state index contributed by atoms with van der Waals surface area (Å²) in [6, 6.07) is 10.0. The quantitative estimate of drug-likeness (QED) is 0.464. The van der Waals surface area contributed by atoms with Gasteiger partial charge in [0.1, 0.15) is 5.82 Å². The van der Waals surface area contributed by atoms with E-state index in [1.165, 1.54) is 25.9 Å². The first-order valence-corrected chi connectivity index (χ1v) is 13.2. The molecule has 1 aromatic carbocycles. The van der Waals surface area contributed by atoms with Crippen molar-refractivity contribution in [1.82, 2.24) is 14.8 Å². The minimum Gasteiger partial charge on any atom is -0.493 e. The van der Waals surface area contributed by atoms with Crippen LogP contribution in [0.25, 0.3) is 0 Å². The first-order chi connectivity index (χ1) is 17.5. The number of piperidine rings is 1. The number of hydrogen-bond acceptors (Lipinski definition) is 7. The molecule has 3 heterocycles. The molecule has 36 heavy (non-hydrogen) atoms. The van der Waals surface area contributed by atoms with Crippen LogP contribution < -0.4 is 19.7 Å². The van der Waals surface area contributed by atoms with E-state index in [9.17, 15) is 4.79 Å². The zero-order valence-corrected chi connectivity index (χ0v) is 22.0. The molecule has 0 spiro atoms. The molecule has 1 aromatic heterocycles. The normalized spacial score (nSPS) is 16.7. The largest absolute Gasteiger partial charge is 0.493 e. The Balaban J connectivity index is 1.32. The summed E-state index contributed by atoms with van der Waals surface area (Å²) in [6.07, 6.45) is 7.57. The first-order valence-electron chi connectivity index (χ1n) is 13.2. The molecule has 0 saturated carbocycles. The Hall–Kier alpha value is -3.00. The molecule has 2 aliphatic heterocycles. The maximum Gasteiger partial charge on any atom is 0.219 e. The number of likely N-dealkylation sites (tertiary alicyclic amines) is 2. The highest BCUT2D eigenvalue weighted by Crippen LogP contribution is 2.32. The SMILES string of the molecule is COc1ccc(Nc2cc(N(C)CC3CCN(C(C)=O)CC3)ccn2)cc1OCCCN1CCCC1. The van der Waals surface area contributed by atoms with Gasteiger partial charge in [-0.05, 0) is 69.3 Å². The van der Waals surface area contributed by atoms with Crippen LogP contribution in [-0.4, -0.2) is 80.7 Å². The molecule has 0 atom stereocenters. The molecule has 2 aliphatic rings. The highest BCUT2D eigenvalue weighted by Gasteiger charge is 2.22. The molecule has 1 N–H and O–H groups in total. The second-order valence-electron chi connectivity index (χ2n) is 9.97. The molecule has 0 aliphatic carbocycles. The molecular formula is C28H41N5O3. The van der Waals surface area contributed by atoms with Crippen molar-refractivity contribution in [1.29, 1.82) is 0 Å². The Bertz CT molecular complexity index is 987. The number of nitrogens with one attached hydrogen (secondary N) is 1. The summed E-state index contributed by atoms with van der Waals surface area (Å²) in [7, 11) is 3.79. The molecule has 2 saturated heterocycles. The van der Waals surface area contributed by atoms with Crippen LogP contribution >= 0.6 is 0 Å². The van der Waals surface area contributed by atoms with Crippen LogP contribution in [-0.2, 0) is 4.79 Å². The van der Waals surface area contributed by atoms with E-state index in [2.05, 4.69) is 33.2 Å². The van der Waals surface area contributed by atoms with Crippen LogP contribution in [0, 0.1) is 5.92 Å². The molecule has 1 amide bonds. The van der Waals surface area contributed by atoms with Gasteiger partial charge in [-0.3, -0.25) is 4.79 Å². The van der Waals surface area contributed by atoms with Gasteiger partial charge >= 0.3 is 0 Å². The number of ether oxygens (including phenoxy) is 2. The highest BCUT2D eigenvalue weighted by molar-refractivity contribution is 5.73. The summed E-state index contributed by atoms with van der Waals surface area (Å²) in [5.74, 6) is 3.03. The predicted octanol–water partition coefficient (Wildman–Crippen LogP) is 4.39. The molecule has 2 fully saturated rings. The zero-order chi connectivity index (χ0) is 25.3. The Morgan fingerprint density at radius 2 is 1.89 bits per heavy atom. The van der Waals surface area contributed by atoms with Crippen molar-refractivity contribution in [2.75, 3.05) is 70.2 Å². The second kappa shape index (κ2) is 12.8. The second-order valence-corrected chi connectivity index (χ2v) is 9.97. The van der Waals surface area contributed by atoms with Gasteiger partial charge in [0.15, 0.2) is 11.5 Å². The van der Waals surface area contributed by atoms with Gasteiger partial charge in [0.25, 0.3) is 0 Å². The van der Waals surface area contributed by atoms with Gasteiger partial charge in [0.2, 0.25) is 5.91 Å². The van der Waals surface area contributed by atoms with Crippen LogP contribution in [0.2, 0.25) is 0 Å². The van der Waals surface area contributed by atoms with Gasteiger partial charge in [-0.15, -0.1) is 0 Å². The smallest absolute Gasteiger partial charge is 0.219 e. The van der Waals surface area contributed by atoms with Crippen molar-refractivity contribution >= 4 is 23.1 Å². The van der Waals surface area contributed by atoms with Gasteiger partial charge in [-0.2, -0.15) is 0 Å². The lowest BCUT2D eigenvalue weighted by atomic mass is 9.96. The van der Waals surface area contributed by atoms with Gasteiger partial charge in [-0.1, -0.05) is 0 Å². The van der Waals surface area contributed by atoms with E-state index in [-0.39, 0.29) is 5.91 Å². The molecule has 8 heteroatoms. The summed E-state index contributed by atoms with van der Waals surface area (Å²) in [5, 5.41) is 3.42. The number of amides is 1. The Morgan fingerprint density at radius 3 is 2.61 bits per heavy atom. The number of rotatable bonds is 11. The zero-order valence-electron chi connectivity index (χ0n) is 22.0. The van der Waals surface area contributed by atoms with Crippen LogP contribution in [0.5, 0.6) is 11.5 Å². The lowest BCUT2D eigenvalue weighted by Crippen LogP contribution is -2.40.